The van der Waals surface area contributed by atoms with Gasteiger partial charge in [-0.05, 0) is 36.2 Å². The number of benzene rings is 2. The second-order valence-corrected chi connectivity index (χ2v) is 8.25. The molecule has 32 heavy (non-hydrogen) atoms. The molecule has 7 heteroatoms. The Kier molecular flexibility index (Phi) is 6.35. The van der Waals surface area contributed by atoms with Crippen LogP contribution in [0.2, 0.25) is 0 Å². The number of esters is 1. The van der Waals surface area contributed by atoms with E-state index in [1.807, 2.05) is 31.2 Å². The Bertz CT molecular complexity index is 1160. The fraction of sp³-hybridized carbons (Fsp3) is 0.360. The first-order valence-corrected chi connectivity index (χ1v) is 11.0. The van der Waals surface area contributed by atoms with E-state index in [0.717, 1.165) is 53.0 Å². The molecule has 2 heterocycles. The molecule has 4 rings (SSSR count). The van der Waals surface area contributed by atoms with Crippen LogP contribution in [0.15, 0.2) is 47.6 Å². The number of imidazole rings is 1. The van der Waals surface area contributed by atoms with E-state index in [-0.39, 0.29) is 17.8 Å². The van der Waals surface area contributed by atoms with Crippen LogP contribution in [0.3, 0.4) is 0 Å². The van der Waals surface area contributed by atoms with Crippen molar-refractivity contribution in [1.29, 1.82) is 0 Å². The van der Waals surface area contributed by atoms with Gasteiger partial charge in [-0.3, -0.25) is 4.79 Å². The number of hydrogen-bond acceptors (Lipinski definition) is 5. The van der Waals surface area contributed by atoms with Crippen LogP contribution in [0, 0.1) is 5.92 Å². The monoisotopic (exact) mass is 432 g/mol. The Hall–Kier alpha value is -3.48. The maximum Gasteiger partial charge on any atom is 0.337 e. The number of hydrazone groups is 1. The Balaban J connectivity index is 1.58. The summed E-state index contributed by atoms with van der Waals surface area (Å²) in [6, 6.07) is 13.2. The highest BCUT2D eigenvalue weighted by atomic mass is 16.5. The summed E-state index contributed by atoms with van der Waals surface area (Å²) >= 11 is 0. The van der Waals surface area contributed by atoms with Gasteiger partial charge < -0.3 is 9.72 Å². The number of nitrogens with one attached hydrogen (secondary N) is 1. The number of hydrogen-bond donors (Lipinski definition) is 1. The summed E-state index contributed by atoms with van der Waals surface area (Å²) in [7, 11) is 1.35. The van der Waals surface area contributed by atoms with Crippen molar-refractivity contribution >= 4 is 28.6 Å². The van der Waals surface area contributed by atoms with Crippen molar-refractivity contribution in [2.24, 2.45) is 11.0 Å². The van der Waals surface area contributed by atoms with E-state index >= 15 is 0 Å². The summed E-state index contributed by atoms with van der Waals surface area (Å²) < 4.78 is 4.74. The minimum absolute atomic E-state index is 0.0113. The van der Waals surface area contributed by atoms with Gasteiger partial charge >= 0.3 is 5.97 Å². The van der Waals surface area contributed by atoms with E-state index < -0.39 is 0 Å². The molecule has 0 saturated heterocycles. The zero-order valence-corrected chi connectivity index (χ0v) is 18.7. The van der Waals surface area contributed by atoms with Crippen LogP contribution < -0.4 is 0 Å². The topological polar surface area (TPSA) is 87.7 Å². The maximum atomic E-state index is 12.7. The molecule has 1 atom stereocenters. The molecule has 3 aromatic rings. The zero-order valence-electron chi connectivity index (χ0n) is 18.7. The Morgan fingerprint density at radius 1 is 1.22 bits per heavy atom. The van der Waals surface area contributed by atoms with E-state index in [0.29, 0.717) is 18.5 Å². The average molecular weight is 433 g/mol. The number of carbonyl (C=O) groups is 2. The van der Waals surface area contributed by atoms with Gasteiger partial charge in [0.05, 0.1) is 36.0 Å². The number of methoxy groups -OCH3 is 1. The van der Waals surface area contributed by atoms with Crippen LogP contribution in [0.1, 0.15) is 60.4 Å². The second-order valence-electron chi connectivity index (χ2n) is 8.25. The predicted octanol–water partition coefficient (Wildman–Crippen LogP) is 4.46. The van der Waals surface area contributed by atoms with Crippen molar-refractivity contribution in [2.75, 3.05) is 7.11 Å². The minimum Gasteiger partial charge on any atom is -0.465 e. The van der Waals surface area contributed by atoms with E-state index in [1.165, 1.54) is 12.1 Å². The van der Waals surface area contributed by atoms with Gasteiger partial charge in [-0.25, -0.2) is 14.8 Å². The third kappa shape index (κ3) is 4.56. The van der Waals surface area contributed by atoms with E-state index in [4.69, 9.17) is 9.84 Å². The molecule has 1 unspecified atom stereocenters. The highest BCUT2D eigenvalue weighted by Gasteiger charge is 2.27. The average Bonchev–Trinajstić information content (AvgIpc) is 3.21. The third-order valence-corrected chi connectivity index (χ3v) is 5.77. The van der Waals surface area contributed by atoms with Crippen molar-refractivity contribution in [3.8, 4) is 0 Å². The van der Waals surface area contributed by atoms with Gasteiger partial charge in [0.2, 0.25) is 5.91 Å². The smallest absolute Gasteiger partial charge is 0.337 e. The molecule has 2 aromatic carbocycles. The summed E-state index contributed by atoms with van der Waals surface area (Å²) in [5.74, 6) is 0.639. The van der Waals surface area contributed by atoms with Crippen LogP contribution in [-0.2, 0) is 22.5 Å². The first-order chi connectivity index (χ1) is 15.5. The fourth-order valence-corrected chi connectivity index (χ4v) is 3.94. The van der Waals surface area contributed by atoms with Crippen LogP contribution in [0.4, 0.5) is 0 Å². The quantitative estimate of drug-likeness (QED) is 0.558. The molecule has 1 amide bonds. The molecule has 0 fully saturated rings. The van der Waals surface area contributed by atoms with Crippen molar-refractivity contribution in [2.45, 2.75) is 46.1 Å². The third-order valence-electron chi connectivity index (χ3n) is 5.77. The van der Waals surface area contributed by atoms with Crippen molar-refractivity contribution in [3.05, 3.63) is 65.0 Å². The largest absolute Gasteiger partial charge is 0.465 e. The number of ether oxygens (including phenoxy) is 1. The van der Waals surface area contributed by atoms with Gasteiger partial charge in [-0.1, -0.05) is 38.5 Å². The minimum atomic E-state index is -0.383. The number of aromatic amines is 1. The SMILES string of the molecule is CCCCc1nc2ccc(C3=NN(Cc4ccc(C(=O)OC)cc4)C(=O)CC3C)cc2[nH]1. The van der Waals surface area contributed by atoms with Gasteiger partial charge in [0.25, 0.3) is 0 Å². The number of H-pyrrole nitrogens is 1. The van der Waals surface area contributed by atoms with Gasteiger partial charge in [0.1, 0.15) is 5.82 Å². The predicted molar refractivity (Wildman–Crippen MR) is 123 cm³/mol. The molecule has 7 nitrogen and oxygen atoms in total. The zero-order chi connectivity index (χ0) is 22.7. The lowest BCUT2D eigenvalue weighted by Gasteiger charge is -2.28. The Labute approximate surface area is 187 Å². The number of rotatable bonds is 7. The maximum absolute atomic E-state index is 12.7. The number of carbonyl (C=O) groups excluding carboxylic acids is 2. The molecule has 0 saturated carbocycles. The van der Waals surface area contributed by atoms with E-state index in [1.54, 1.807) is 12.1 Å². The summed E-state index contributed by atoms with van der Waals surface area (Å²) in [5, 5.41) is 6.24. The van der Waals surface area contributed by atoms with E-state index in [2.05, 4.69) is 23.0 Å². The lowest BCUT2D eigenvalue weighted by molar-refractivity contribution is -0.133. The standard InChI is InChI=1S/C25H28N4O3/c1-4-5-6-22-26-20-12-11-19(14-21(20)27-22)24-16(2)13-23(30)29(28-24)15-17-7-9-18(10-8-17)25(31)32-3/h7-12,14,16H,4-6,13,15H2,1-3H3,(H,26,27). The van der Waals surface area contributed by atoms with Gasteiger partial charge in [-0.2, -0.15) is 5.10 Å². The molecule has 1 N–H and O–H groups in total. The molecule has 1 aromatic heterocycles. The number of amides is 1. The highest BCUT2D eigenvalue weighted by Crippen LogP contribution is 2.24. The summed E-state index contributed by atoms with van der Waals surface area (Å²) in [5.41, 5.74) is 5.20. The summed E-state index contributed by atoms with van der Waals surface area (Å²) in [4.78, 5) is 32.4. The lowest BCUT2D eigenvalue weighted by atomic mass is 9.93. The highest BCUT2D eigenvalue weighted by molar-refractivity contribution is 6.07. The molecule has 1 aliphatic rings. The number of nitrogens with zero attached hydrogens (tertiary/aromatic N) is 3. The van der Waals surface area contributed by atoms with Gasteiger partial charge in [-0.15, -0.1) is 0 Å². The molecule has 1 aliphatic heterocycles. The molecule has 0 aliphatic carbocycles. The molecule has 0 radical (unpaired) electrons. The molecule has 166 valence electrons. The molecular weight excluding hydrogens is 404 g/mol. The molecular formula is C25H28N4O3. The second kappa shape index (κ2) is 9.34. The molecule has 0 spiro atoms. The Morgan fingerprint density at radius 2 is 2.00 bits per heavy atom. The van der Waals surface area contributed by atoms with E-state index in [9.17, 15) is 9.59 Å². The lowest BCUT2D eigenvalue weighted by Crippen LogP contribution is -2.35. The normalized spacial score (nSPS) is 16.3. The van der Waals surface area contributed by atoms with Crippen molar-refractivity contribution < 1.29 is 14.3 Å². The van der Waals surface area contributed by atoms with Crippen molar-refractivity contribution in [3.63, 3.8) is 0 Å². The van der Waals surface area contributed by atoms with Gasteiger partial charge in [0.15, 0.2) is 0 Å². The first-order valence-electron chi connectivity index (χ1n) is 11.0. The number of unbranched alkanes of at least 4 members (excludes halogenated alkanes) is 1. The van der Waals surface area contributed by atoms with Crippen LogP contribution >= 0.6 is 0 Å². The van der Waals surface area contributed by atoms with Crippen LogP contribution in [0.25, 0.3) is 11.0 Å². The fourth-order valence-electron chi connectivity index (χ4n) is 3.94. The Morgan fingerprint density at radius 3 is 2.72 bits per heavy atom. The number of aromatic nitrogens is 2. The molecule has 0 bridgehead atoms. The first kappa shape index (κ1) is 21.7. The summed E-state index contributed by atoms with van der Waals surface area (Å²) in [6.07, 6.45) is 3.58. The number of fused-ring (bicyclic) bond motifs is 1. The van der Waals surface area contributed by atoms with Gasteiger partial charge in [0, 0.05) is 24.3 Å². The summed E-state index contributed by atoms with van der Waals surface area (Å²) in [6.45, 7) is 4.55. The number of aryl methyl sites for hydroxylation is 1. The van der Waals surface area contributed by atoms with Crippen molar-refractivity contribution in [1.82, 2.24) is 15.0 Å². The van der Waals surface area contributed by atoms with Crippen LogP contribution in [0.5, 0.6) is 0 Å². The van der Waals surface area contributed by atoms with Crippen LogP contribution in [-0.4, -0.2) is 39.7 Å².